The molecule has 3 aliphatic rings. The van der Waals surface area contributed by atoms with Crippen molar-refractivity contribution in [2.45, 2.75) is 70.1 Å². The Hall–Kier alpha value is -1.32. The zero-order valence-electron chi connectivity index (χ0n) is 16.0. The van der Waals surface area contributed by atoms with Crippen LogP contribution in [-0.2, 0) is 5.41 Å². The van der Waals surface area contributed by atoms with Gasteiger partial charge in [-0.2, -0.15) is 0 Å². The van der Waals surface area contributed by atoms with Crippen molar-refractivity contribution in [2.75, 3.05) is 13.1 Å². The summed E-state index contributed by atoms with van der Waals surface area (Å²) in [6.07, 6.45) is 4.84. The van der Waals surface area contributed by atoms with E-state index in [1.807, 2.05) is 6.08 Å². The first-order chi connectivity index (χ1) is 11.9. The zero-order valence-corrected chi connectivity index (χ0v) is 16.0. The first-order valence-corrected chi connectivity index (χ1v) is 9.71. The van der Waals surface area contributed by atoms with Crippen LogP contribution in [0.25, 0.3) is 0 Å². The minimum atomic E-state index is -0.755. The Labute approximate surface area is 151 Å². The number of rotatable bonds is 2. The summed E-state index contributed by atoms with van der Waals surface area (Å²) in [5.41, 5.74) is 2.71. The Bertz CT molecular complexity index is 714. The molecule has 136 valence electrons. The third-order valence-electron chi connectivity index (χ3n) is 7.41. The molecule has 3 heteroatoms. The highest BCUT2D eigenvalue weighted by Gasteiger charge is 2.69. The van der Waals surface area contributed by atoms with E-state index in [9.17, 15) is 5.11 Å². The molecule has 1 aliphatic carbocycles. The minimum Gasteiger partial charge on any atom is -0.489 e. The molecule has 4 rings (SSSR count). The molecular formula is C22H31NO2. The lowest BCUT2D eigenvalue weighted by Gasteiger charge is -2.61. The van der Waals surface area contributed by atoms with Gasteiger partial charge in [-0.25, -0.2) is 0 Å². The van der Waals surface area contributed by atoms with Crippen LogP contribution in [0.2, 0.25) is 0 Å². The molecule has 1 aromatic carbocycles. The summed E-state index contributed by atoms with van der Waals surface area (Å²) < 4.78 is 6.61. The van der Waals surface area contributed by atoms with Gasteiger partial charge in [0, 0.05) is 18.2 Å². The van der Waals surface area contributed by atoms with Gasteiger partial charge >= 0.3 is 0 Å². The summed E-state index contributed by atoms with van der Waals surface area (Å²) in [4.78, 5) is 2.38. The van der Waals surface area contributed by atoms with E-state index >= 15 is 0 Å². The smallest absolute Gasteiger partial charge is 0.126 e. The number of ether oxygens (including phenoxy) is 1. The molecular weight excluding hydrogens is 310 g/mol. The number of nitrogens with zero attached hydrogens (tertiary/aromatic N) is 1. The van der Waals surface area contributed by atoms with Crippen molar-refractivity contribution < 1.29 is 9.84 Å². The third-order valence-corrected chi connectivity index (χ3v) is 7.41. The largest absolute Gasteiger partial charge is 0.489 e. The normalized spacial score (nSPS) is 40.0. The third kappa shape index (κ3) is 2.00. The van der Waals surface area contributed by atoms with Gasteiger partial charge in [0.15, 0.2) is 0 Å². The van der Waals surface area contributed by atoms with Crippen LogP contribution < -0.4 is 4.74 Å². The minimum absolute atomic E-state index is 0.0781. The predicted molar refractivity (Wildman–Crippen MR) is 101 cm³/mol. The van der Waals surface area contributed by atoms with Crippen molar-refractivity contribution in [1.82, 2.24) is 4.90 Å². The molecule has 1 aromatic rings. The van der Waals surface area contributed by atoms with Crippen molar-refractivity contribution in [3.63, 3.8) is 0 Å². The predicted octanol–water partition coefficient (Wildman–Crippen LogP) is 3.74. The topological polar surface area (TPSA) is 32.7 Å². The summed E-state index contributed by atoms with van der Waals surface area (Å²) in [6.45, 7) is 14.5. The molecule has 1 spiro atoms. The SMILES string of the molecule is C=CCN1CCC23c4c(C)ccc(C)c4OC2C(C)CCC3(O)C1C. The molecule has 0 aromatic heterocycles. The molecule has 0 radical (unpaired) electrons. The van der Waals surface area contributed by atoms with E-state index in [-0.39, 0.29) is 17.6 Å². The van der Waals surface area contributed by atoms with Crippen LogP contribution >= 0.6 is 0 Å². The van der Waals surface area contributed by atoms with E-state index in [2.05, 4.69) is 51.3 Å². The summed E-state index contributed by atoms with van der Waals surface area (Å²) in [6, 6.07) is 4.46. The maximum absolute atomic E-state index is 12.1. The van der Waals surface area contributed by atoms with E-state index in [4.69, 9.17) is 4.74 Å². The molecule has 2 fully saturated rings. The average molecular weight is 341 g/mol. The second kappa shape index (κ2) is 5.59. The summed E-state index contributed by atoms with van der Waals surface area (Å²) in [7, 11) is 0. The lowest BCUT2D eigenvalue weighted by molar-refractivity contribution is -0.184. The van der Waals surface area contributed by atoms with E-state index in [1.165, 1.54) is 16.7 Å². The molecule has 3 nitrogen and oxygen atoms in total. The highest BCUT2D eigenvalue weighted by atomic mass is 16.5. The zero-order chi connectivity index (χ0) is 18.0. The fourth-order valence-corrected chi connectivity index (χ4v) is 6.04. The van der Waals surface area contributed by atoms with Gasteiger partial charge in [-0.3, -0.25) is 4.90 Å². The second-order valence-electron chi connectivity index (χ2n) is 8.56. The van der Waals surface area contributed by atoms with Crippen molar-refractivity contribution in [1.29, 1.82) is 0 Å². The van der Waals surface area contributed by atoms with Gasteiger partial charge in [0.1, 0.15) is 11.9 Å². The fraction of sp³-hybridized carbons (Fsp3) is 0.636. The van der Waals surface area contributed by atoms with Crippen LogP contribution in [0, 0.1) is 19.8 Å². The molecule has 5 unspecified atom stereocenters. The van der Waals surface area contributed by atoms with Crippen molar-refractivity contribution in [2.24, 2.45) is 5.92 Å². The first-order valence-electron chi connectivity index (χ1n) is 9.71. The van der Waals surface area contributed by atoms with Gasteiger partial charge < -0.3 is 9.84 Å². The van der Waals surface area contributed by atoms with Gasteiger partial charge in [-0.05, 0) is 63.6 Å². The summed E-state index contributed by atoms with van der Waals surface area (Å²) >= 11 is 0. The van der Waals surface area contributed by atoms with Gasteiger partial charge in [-0.1, -0.05) is 25.1 Å². The lowest BCUT2D eigenvalue weighted by atomic mass is 9.51. The average Bonchev–Trinajstić information content (AvgIpc) is 2.95. The molecule has 0 amide bonds. The van der Waals surface area contributed by atoms with E-state index in [1.54, 1.807) is 0 Å². The molecule has 2 aliphatic heterocycles. The van der Waals surface area contributed by atoms with Crippen LogP contribution in [0.15, 0.2) is 24.8 Å². The van der Waals surface area contributed by atoms with E-state index in [0.29, 0.717) is 5.92 Å². The summed E-state index contributed by atoms with van der Waals surface area (Å²) in [5, 5.41) is 12.1. The van der Waals surface area contributed by atoms with Gasteiger partial charge in [0.05, 0.1) is 11.0 Å². The number of aliphatic hydroxyl groups is 1. The summed E-state index contributed by atoms with van der Waals surface area (Å²) in [5.74, 6) is 1.51. The molecule has 1 saturated heterocycles. The molecule has 0 bridgehead atoms. The van der Waals surface area contributed by atoms with Crippen LogP contribution in [0.5, 0.6) is 5.75 Å². The number of piperidine rings is 1. The Morgan fingerprint density at radius 1 is 1.28 bits per heavy atom. The number of hydrogen-bond acceptors (Lipinski definition) is 3. The standard InChI is InChI=1S/C22H31NO2/c1-6-12-23-13-11-21-18-14(2)7-8-15(3)19(18)25-20(21)16(4)9-10-22(21,24)17(23)5/h6-8,16-17,20,24H,1,9-13H2,2-5H3. The molecule has 2 heterocycles. The Balaban J connectivity index is 1.93. The van der Waals surface area contributed by atoms with Crippen molar-refractivity contribution in [3.05, 3.63) is 41.5 Å². The maximum Gasteiger partial charge on any atom is 0.126 e. The second-order valence-corrected chi connectivity index (χ2v) is 8.56. The van der Waals surface area contributed by atoms with E-state index < -0.39 is 5.60 Å². The van der Waals surface area contributed by atoms with Gasteiger partial charge in [-0.15, -0.1) is 6.58 Å². The van der Waals surface area contributed by atoms with Gasteiger partial charge in [0.2, 0.25) is 0 Å². The van der Waals surface area contributed by atoms with Crippen molar-refractivity contribution >= 4 is 0 Å². The Kier molecular flexibility index (Phi) is 3.82. The highest BCUT2D eigenvalue weighted by molar-refractivity contribution is 5.57. The monoisotopic (exact) mass is 341 g/mol. The van der Waals surface area contributed by atoms with Crippen LogP contribution in [0.4, 0.5) is 0 Å². The number of likely N-dealkylation sites (tertiary alicyclic amines) is 1. The molecule has 1 saturated carbocycles. The maximum atomic E-state index is 12.1. The Morgan fingerprint density at radius 2 is 2.00 bits per heavy atom. The number of aryl methyl sites for hydroxylation is 2. The van der Waals surface area contributed by atoms with Gasteiger partial charge in [0.25, 0.3) is 0 Å². The first kappa shape index (κ1) is 17.1. The van der Waals surface area contributed by atoms with Crippen LogP contribution in [0.1, 0.15) is 49.8 Å². The highest BCUT2D eigenvalue weighted by Crippen LogP contribution is 2.62. The molecule has 5 atom stereocenters. The van der Waals surface area contributed by atoms with Crippen molar-refractivity contribution in [3.8, 4) is 5.75 Å². The Morgan fingerprint density at radius 3 is 2.72 bits per heavy atom. The molecule has 25 heavy (non-hydrogen) atoms. The van der Waals surface area contributed by atoms with Crippen LogP contribution in [-0.4, -0.2) is 40.8 Å². The lowest BCUT2D eigenvalue weighted by Crippen LogP contribution is -2.73. The number of fused-ring (bicyclic) bond motifs is 1. The molecule has 1 N–H and O–H groups in total. The quantitative estimate of drug-likeness (QED) is 0.832. The van der Waals surface area contributed by atoms with E-state index in [0.717, 1.165) is 38.1 Å². The fourth-order valence-electron chi connectivity index (χ4n) is 6.04. The van der Waals surface area contributed by atoms with Crippen LogP contribution in [0.3, 0.4) is 0 Å². The number of benzene rings is 1. The number of hydrogen-bond donors (Lipinski definition) is 1.